The van der Waals surface area contributed by atoms with Crippen LogP contribution < -0.4 is 10.2 Å². The van der Waals surface area contributed by atoms with Gasteiger partial charge in [-0.05, 0) is 56.9 Å². The minimum atomic E-state index is -4.56. The van der Waals surface area contributed by atoms with E-state index >= 15 is 0 Å². The number of carbonyl (C=O) groups is 1. The van der Waals surface area contributed by atoms with Crippen LogP contribution in [0.15, 0.2) is 54.3 Å². The second kappa shape index (κ2) is 10.7. The molecule has 0 saturated carbocycles. The maximum absolute atomic E-state index is 13.6. The molecule has 0 unspecified atom stereocenters. The Morgan fingerprint density at radius 1 is 1.11 bits per heavy atom. The Balaban J connectivity index is 1.60. The van der Waals surface area contributed by atoms with E-state index in [1.54, 1.807) is 52.7 Å². The standard InChI is InChI=1S/C25H26F3N7OS/c1-16-5-6-17(9-22(16)35-14-21(31-32-35)23-13-29-15-37-23)24(36)30-19-10-18(25(26,27)28)11-20(12-19)34(4)8-7-33(2)3/h5-6,9-15H,7-8H2,1-4H3,(H,30,36). The van der Waals surface area contributed by atoms with Crippen molar-refractivity contribution < 1.29 is 18.0 Å². The fourth-order valence-corrected chi connectivity index (χ4v) is 4.16. The monoisotopic (exact) mass is 529 g/mol. The second-order valence-electron chi connectivity index (χ2n) is 8.86. The van der Waals surface area contributed by atoms with E-state index in [4.69, 9.17) is 0 Å². The number of hydrogen-bond acceptors (Lipinski definition) is 7. The number of nitrogens with zero attached hydrogens (tertiary/aromatic N) is 6. The average molecular weight is 530 g/mol. The molecule has 194 valence electrons. The Kier molecular flexibility index (Phi) is 7.60. The molecule has 2 heterocycles. The molecule has 1 amide bonds. The van der Waals surface area contributed by atoms with Crippen LogP contribution in [0.25, 0.3) is 16.3 Å². The van der Waals surface area contributed by atoms with E-state index < -0.39 is 17.6 Å². The van der Waals surface area contributed by atoms with Gasteiger partial charge in [-0.2, -0.15) is 13.2 Å². The highest BCUT2D eigenvalue weighted by molar-refractivity contribution is 7.13. The topological polar surface area (TPSA) is 79.2 Å². The van der Waals surface area contributed by atoms with Gasteiger partial charge in [0.25, 0.3) is 5.91 Å². The fourth-order valence-electron chi connectivity index (χ4n) is 3.58. The number of halogens is 3. The Hall–Kier alpha value is -3.77. The van der Waals surface area contributed by atoms with Gasteiger partial charge in [-0.3, -0.25) is 9.78 Å². The maximum Gasteiger partial charge on any atom is 0.416 e. The van der Waals surface area contributed by atoms with Crippen molar-refractivity contribution >= 4 is 28.6 Å². The molecule has 0 aliphatic carbocycles. The van der Waals surface area contributed by atoms with Crippen LogP contribution in [-0.2, 0) is 6.18 Å². The number of rotatable bonds is 8. The van der Waals surface area contributed by atoms with Crippen molar-refractivity contribution in [3.8, 4) is 16.3 Å². The maximum atomic E-state index is 13.6. The normalized spacial score (nSPS) is 11.7. The summed E-state index contributed by atoms with van der Waals surface area (Å²) in [5.41, 5.74) is 3.67. The summed E-state index contributed by atoms with van der Waals surface area (Å²) in [6, 6.07) is 8.57. The molecule has 0 aliphatic heterocycles. The SMILES string of the molecule is Cc1ccc(C(=O)Nc2cc(N(C)CCN(C)C)cc(C(F)(F)F)c2)cc1-n1cc(-c2cncs2)nn1. The number of anilines is 2. The van der Waals surface area contributed by atoms with Crippen molar-refractivity contribution in [1.29, 1.82) is 0 Å². The number of likely N-dealkylation sites (N-methyl/N-ethyl adjacent to an activating group) is 2. The number of alkyl halides is 3. The molecular weight excluding hydrogens is 503 g/mol. The van der Waals surface area contributed by atoms with E-state index in [-0.39, 0.29) is 11.3 Å². The largest absolute Gasteiger partial charge is 0.416 e. The van der Waals surface area contributed by atoms with Gasteiger partial charge in [-0.25, -0.2) is 4.68 Å². The fraction of sp³-hybridized carbons (Fsp3) is 0.280. The summed E-state index contributed by atoms with van der Waals surface area (Å²) in [7, 11) is 5.50. The van der Waals surface area contributed by atoms with E-state index in [1.807, 2.05) is 25.9 Å². The predicted octanol–water partition coefficient (Wildman–Crippen LogP) is 4.97. The number of thiazole rings is 1. The van der Waals surface area contributed by atoms with Crippen LogP contribution in [0.5, 0.6) is 0 Å². The number of hydrogen-bond donors (Lipinski definition) is 1. The van der Waals surface area contributed by atoms with Gasteiger partial charge in [-0.15, -0.1) is 16.4 Å². The van der Waals surface area contributed by atoms with Gasteiger partial charge in [0.1, 0.15) is 5.69 Å². The zero-order valence-electron chi connectivity index (χ0n) is 20.7. The third kappa shape index (κ3) is 6.33. The molecule has 0 radical (unpaired) electrons. The molecule has 0 aliphatic rings. The molecule has 2 aromatic carbocycles. The van der Waals surface area contributed by atoms with Crippen molar-refractivity contribution in [2.75, 3.05) is 44.4 Å². The van der Waals surface area contributed by atoms with Crippen molar-refractivity contribution in [1.82, 2.24) is 24.9 Å². The van der Waals surface area contributed by atoms with Gasteiger partial charge >= 0.3 is 6.18 Å². The summed E-state index contributed by atoms with van der Waals surface area (Å²) >= 11 is 1.43. The smallest absolute Gasteiger partial charge is 0.373 e. The Morgan fingerprint density at radius 3 is 2.57 bits per heavy atom. The highest BCUT2D eigenvalue weighted by Gasteiger charge is 2.32. The van der Waals surface area contributed by atoms with Gasteiger partial charge in [0.15, 0.2) is 0 Å². The Bertz CT molecular complexity index is 1380. The Labute approximate surface area is 216 Å². The van der Waals surface area contributed by atoms with E-state index in [1.165, 1.54) is 17.4 Å². The third-order valence-corrected chi connectivity index (χ3v) is 6.52. The summed E-state index contributed by atoms with van der Waals surface area (Å²) in [4.78, 5) is 21.7. The summed E-state index contributed by atoms with van der Waals surface area (Å²) < 4.78 is 42.4. The average Bonchev–Trinajstić information content (AvgIpc) is 3.54. The zero-order chi connectivity index (χ0) is 26.7. The number of nitrogens with one attached hydrogen (secondary N) is 1. The predicted molar refractivity (Wildman–Crippen MR) is 138 cm³/mol. The minimum absolute atomic E-state index is 0.0573. The zero-order valence-corrected chi connectivity index (χ0v) is 21.6. The van der Waals surface area contributed by atoms with Crippen molar-refractivity contribution in [2.24, 2.45) is 0 Å². The van der Waals surface area contributed by atoms with Gasteiger partial charge in [0.05, 0.1) is 27.8 Å². The highest BCUT2D eigenvalue weighted by Crippen LogP contribution is 2.34. The number of benzene rings is 2. The lowest BCUT2D eigenvalue weighted by molar-refractivity contribution is -0.137. The molecule has 37 heavy (non-hydrogen) atoms. The van der Waals surface area contributed by atoms with Crippen LogP contribution >= 0.6 is 11.3 Å². The first-order chi connectivity index (χ1) is 17.5. The van der Waals surface area contributed by atoms with Gasteiger partial charge in [-0.1, -0.05) is 11.3 Å². The second-order valence-corrected chi connectivity index (χ2v) is 9.75. The molecule has 2 aromatic heterocycles. The summed E-state index contributed by atoms with van der Waals surface area (Å²) in [6.45, 7) is 3.05. The molecule has 0 atom stereocenters. The van der Waals surface area contributed by atoms with Crippen molar-refractivity contribution in [3.05, 3.63) is 71.0 Å². The molecule has 0 fully saturated rings. The molecule has 4 rings (SSSR count). The summed E-state index contributed by atoms with van der Waals surface area (Å²) in [6.07, 6.45) is -1.13. The number of aromatic nitrogens is 4. The lowest BCUT2D eigenvalue weighted by Crippen LogP contribution is -2.28. The van der Waals surface area contributed by atoms with E-state index in [0.717, 1.165) is 22.6 Å². The van der Waals surface area contributed by atoms with Crippen LogP contribution in [0.3, 0.4) is 0 Å². The van der Waals surface area contributed by atoms with E-state index in [9.17, 15) is 18.0 Å². The third-order valence-electron chi connectivity index (χ3n) is 5.72. The van der Waals surface area contributed by atoms with Gasteiger partial charge in [0.2, 0.25) is 0 Å². The highest BCUT2D eigenvalue weighted by atomic mass is 32.1. The number of amides is 1. The molecule has 0 bridgehead atoms. The first kappa shape index (κ1) is 26.3. The van der Waals surface area contributed by atoms with Crippen LogP contribution in [-0.4, -0.2) is 65.0 Å². The van der Waals surface area contributed by atoms with Crippen LogP contribution in [0.1, 0.15) is 21.5 Å². The number of aryl methyl sites for hydroxylation is 1. The summed E-state index contributed by atoms with van der Waals surface area (Å²) in [5.74, 6) is -0.537. The molecule has 8 nitrogen and oxygen atoms in total. The molecule has 4 aromatic rings. The molecule has 12 heteroatoms. The molecule has 0 spiro atoms. The molecule has 0 saturated heterocycles. The lowest BCUT2D eigenvalue weighted by atomic mass is 10.1. The lowest BCUT2D eigenvalue weighted by Gasteiger charge is -2.23. The van der Waals surface area contributed by atoms with Crippen molar-refractivity contribution in [2.45, 2.75) is 13.1 Å². The van der Waals surface area contributed by atoms with E-state index in [0.29, 0.717) is 30.2 Å². The van der Waals surface area contributed by atoms with Crippen LogP contribution in [0.2, 0.25) is 0 Å². The quantitative estimate of drug-likeness (QED) is 0.347. The van der Waals surface area contributed by atoms with E-state index in [2.05, 4.69) is 20.6 Å². The van der Waals surface area contributed by atoms with Crippen LogP contribution in [0.4, 0.5) is 24.5 Å². The van der Waals surface area contributed by atoms with Gasteiger partial charge in [0, 0.05) is 43.3 Å². The molecular formula is C25H26F3N7OS. The first-order valence-electron chi connectivity index (χ1n) is 11.3. The van der Waals surface area contributed by atoms with Gasteiger partial charge < -0.3 is 15.1 Å². The number of carbonyl (C=O) groups excluding carboxylic acids is 1. The van der Waals surface area contributed by atoms with Crippen LogP contribution in [0, 0.1) is 6.92 Å². The Morgan fingerprint density at radius 2 is 1.89 bits per heavy atom. The minimum Gasteiger partial charge on any atom is -0.373 e. The summed E-state index contributed by atoms with van der Waals surface area (Å²) in [5, 5.41) is 11.0. The first-order valence-corrected chi connectivity index (χ1v) is 12.2. The molecule has 1 N–H and O–H groups in total. The van der Waals surface area contributed by atoms with Crippen molar-refractivity contribution in [3.63, 3.8) is 0 Å².